The van der Waals surface area contributed by atoms with Gasteiger partial charge >= 0.3 is 0 Å². The molecule has 0 aromatic heterocycles. The van der Waals surface area contributed by atoms with Gasteiger partial charge < -0.3 is 15.4 Å². The maximum absolute atomic E-state index is 11.3. The molecule has 0 spiro atoms. The third-order valence-electron chi connectivity index (χ3n) is 3.03. The summed E-state index contributed by atoms with van der Waals surface area (Å²) in [4.78, 5) is 12.9. The van der Waals surface area contributed by atoms with Crippen LogP contribution in [0.15, 0.2) is 48.5 Å². The van der Waals surface area contributed by atoms with E-state index in [-0.39, 0.29) is 5.91 Å². The molecule has 2 aromatic rings. The monoisotopic (exact) mass is 270 g/mol. The van der Waals surface area contributed by atoms with Crippen molar-refractivity contribution in [1.82, 2.24) is 0 Å². The van der Waals surface area contributed by atoms with E-state index in [1.807, 2.05) is 48.5 Å². The molecule has 4 nitrogen and oxygen atoms in total. The topological polar surface area (TPSA) is 55.6 Å². The van der Waals surface area contributed by atoms with E-state index < -0.39 is 0 Å². The molecule has 0 aliphatic rings. The van der Waals surface area contributed by atoms with Gasteiger partial charge in [0, 0.05) is 31.4 Å². The van der Waals surface area contributed by atoms with Crippen molar-refractivity contribution in [3.05, 3.63) is 54.1 Å². The Morgan fingerprint density at radius 1 is 1.20 bits per heavy atom. The Hall–Kier alpha value is -2.49. The molecule has 0 saturated heterocycles. The molecule has 0 aliphatic heterocycles. The van der Waals surface area contributed by atoms with Crippen molar-refractivity contribution in [1.29, 1.82) is 0 Å². The van der Waals surface area contributed by atoms with Gasteiger partial charge in [-0.1, -0.05) is 18.2 Å². The third kappa shape index (κ3) is 3.51. The standard InChI is InChI=1S/C16H18N2O2/c1-12(19)18(2)15-7-4-8-16(10-15)20-11-13-5-3-6-14(17)9-13/h3-10H,11,17H2,1-2H3. The Labute approximate surface area is 118 Å². The van der Waals surface area contributed by atoms with E-state index in [1.165, 1.54) is 6.92 Å². The van der Waals surface area contributed by atoms with Crippen LogP contribution in [0.2, 0.25) is 0 Å². The van der Waals surface area contributed by atoms with Gasteiger partial charge in [0.2, 0.25) is 5.91 Å². The van der Waals surface area contributed by atoms with Gasteiger partial charge in [-0.3, -0.25) is 4.79 Å². The number of carbonyl (C=O) groups excluding carboxylic acids is 1. The fourth-order valence-electron chi connectivity index (χ4n) is 1.81. The van der Waals surface area contributed by atoms with E-state index in [4.69, 9.17) is 10.5 Å². The molecular formula is C16H18N2O2. The summed E-state index contributed by atoms with van der Waals surface area (Å²) in [5.41, 5.74) is 8.26. The summed E-state index contributed by atoms with van der Waals surface area (Å²) in [6.45, 7) is 1.97. The fraction of sp³-hybridized carbons (Fsp3) is 0.188. The lowest BCUT2D eigenvalue weighted by Gasteiger charge is -2.16. The minimum Gasteiger partial charge on any atom is -0.489 e. The second kappa shape index (κ2) is 6.10. The molecule has 0 saturated carbocycles. The predicted molar refractivity (Wildman–Crippen MR) is 80.7 cm³/mol. The lowest BCUT2D eigenvalue weighted by molar-refractivity contribution is -0.116. The highest BCUT2D eigenvalue weighted by atomic mass is 16.5. The Bertz CT molecular complexity index is 611. The number of carbonyl (C=O) groups is 1. The molecule has 104 valence electrons. The quantitative estimate of drug-likeness (QED) is 0.869. The molecule has 0 fully saturated rings. The van der Waals surface area contributed by atoms with E-state index in [9.17, 15) is 4.79 Å². The molecule has 2 rings (SSSR count). The zero-order valence-corrected chi connectivity index (χ0v) is 11.7. The summed E-state index contributed by atoms with van der Waals surface area (Å²) >= 11 is 0. The Morgan fingerprint density at radius 2 is 1.95 bits per heavy atom. The smallest absolute Gasteiger partial charge is 0.223 e. The number of benzene rings is 2. The SMILES string of the molecule is CC(=O)N(C)c1cccc(OCc2cccc(N)c2)c1. The zero-order chi connectivity index (χ0) is 14.5. The first-order valence-electron chi connectivity index (χ1n) is 6.38. The van der Waals surface area contributed by atoms with E-state index in [1.54, 1.807) is 11.9 Å². The summed E-state index contributed by atoms with van der Waals surface area (Å²) in [6, 6.07) is 15.0. The maximum atomic E-state index is 11.3. The lowest BCUT2D eigenvalue weighted by atomic mass is 10.2. The average molecular weight is 270 g/mol. The van der Waals surface area contributed by atoms with Gasteiger partial charge in [0.05, 0.1) is 0 Å². The van der Waals surface area contributed by atoms with Gasteiger partial charge in [-0.05, 0) is 29.8 Å². The van der Waals surface area contributed by atoms with Crippen LogP contribution in [0.3, 0.4) is 0 Å². The number of nitrogens with two attached hydrogens (primary N) is 1. The molecule has 0 unspecified atom stereocenters. The number of nitrogens with zero attached hydrogens (tertiary/aromatic N) is 1. The Kier molecular flexibility index (Phi) is 4.25. The van der Waals surface area contributed by atoms with E-state index >= 15 is 0 Å². The molecule has 0 heterocycles. The number of hydrogen-bond acceptors (Lipinski definition) is 3. The van der Waals surface area contributed by atoms with E-state index in [2.05, 4.69) is 0 Å². The van der Waals surface area contributed by atoms with Crippen molar-refractivity contribution < 1.29 is 9.53 Å². The predicted octanol–water partition coefficient (Wildman–Crippen LogP) is 2.83. The molecule has 0 atom stereocenters. The van der Waals surface area contributed by atoms with Crippen LogP contribution in [0.25, 0.3) is 0 Å². The van der Waals surface area contributed by atoms with Crippen LogP contribution >= 0.6 is 0 Å². The first-order chi connectivity index (χ1) is 9.56. The Balaban J connectivity index is 2.07. The van der Waals surface area contributed by atoms with Crippen molar-refractivity contribution in [3.8, 4) is 5.75 Å². The first-order valence-corrected chi connectivity index (χ1v) is 6.38. The van der Waals surface area contributed by atoms with Crippen molar-refractivity contribution in [3.63, 3.8) is 0 Å². The number of amides is 1. The minimum atomic E-state index is -0.0158. The van der Waals surface area contributed by atoms with Crippen LogP contribution in [-0.2, 0) is 11.4 Å². The van der Waals surface area contributed by atoms with Gasteiger partial charge in [-0.15, -0.1) is 0 Å². The first kappa shape index (κ1) is 13.9. The van der Waals surface area contributed by atoms with Crippen LogP contribution in [0.5, 0.6) is 5.75 Å². The number of anilines is 2. The number of ether oxygens (including phenoxy) is 1. The highest BCUT2D eigenvalue weighted by Gasteiger charge is 2.06. The summed E-state index contributed by atoms with van der Waals surface area (Å²) in [5, 5.41) is 0. The van der Waals surface area contributed by atoms with Crippen LogP contribution < -0.4 is 15.4 Å². The molecule has 1 amide bonds. The summed E-state index contributed by atoms with van der Waals surface area (Å²) in [7, 11) is 1.74. The molecule has 0 bridgehead atoms. The van der Waals surface area contributed by atoms with E-state index in [0.29, 0.717) is 6.61 Å². The average Bonchev–Trinajstić information content (AvgIpc) is 2.44. The zero-order valence-electron chi connectivity index (χ0n) is 11.7. The molecule has 2 aromatic carbocycles. The normalized spacial score (nSPS) is 10.1. The second-order valence-corrected chi connectivity index (χ2v) is 4.61. The molecule has 2 N–H and O–H groups in total. The molecule has 4 heteroatoms. The van der Waals surface area contributed by atoms with E-state index in [0.717, 1.165) is 22.7 Å². The van der Waals surface area contributed by atoms with Crippen LogP contribution in [0.4, 0.5) is 11.4 Å². The summed E-state index contributed by atoms with van der Waals surface area (Å²) in [6.07, 6.45) is 0. The minimum absolute atomic E-state index is 0.0158. The molecular weight excluding hydrogens is 252 g/mol. The van der Waals surface area contributed by atoms with Gasteiger partial charge in [-0.2, -0.15) is 0 Å². The van der Waals surface area contributed by atoms with Crippen molar-refractivity contribution in [2.75, 3.05) is 17.7 Å². The van der Waals surface area contributed by atoms with Gasteiger partial charge in [0.1, 0.15) is 12.4 Å². The van der Waals surface area contributed by atoms with Crippen molar-refractivity contribution in [2.24, 2.45) is 0 Å². The lowest BCUT2D eigenvalue weighted by Crippen LogP contribution is -2.22. The van der Waals surface area contributed by atoms with Gasteiger partial charge in [-0.25, -0.2) is 0 Å². The van der Waals surface area contributed by atoms with Crippen LogP contribution in [0, 0.1) is 0 Å². The van der Waals surface area contributed by atoms with Crippen LogP contribution in [0.1, 0.15) is 12.5 Å². The number of nitrogen functional groups attached to an aromatic ring is 1. The highest BCUT2D eigenvalue weighted by Crippen LogP contribution is 2.21. The maximum Gasteiger partial charge on any atom is 0.223 e. The third-order valence-corrected chi connectivity index (χ3v) is 3.03. The largest absolute Gasteiger partial charge is 0.489 e. The van der Waals surface area contributed by atoms with Crippen LogP contribution in [-0.4, -0.2) is 13.0 Å². The second-order valence-electron chi connectivity index (χ2n) is 4.61. The van der Waals surface area contributed by atoms with Gasteiger partial charge in [0.25, 0.3) is 0 Å². The number of rotatable bonds is 4. The van der Waals surface area contributed by atoms with Crippen molar-refractivity contribution in [2.45, 2.75) is 13.5 Å². The summed E-state index contributed by atoms with van der Waals surface area (Å²) in [5.74, 6) is 0.705. The molecule has 20 heavy (non-hydrogen) atoms. The molecule has 0 radical (unpaired) electrons. The fourth-order valence-corrected chi connectivity index (χ4v) is 1.81. The Morgan fingerprint density at radius 3 is 2.65 bits per heavy atom. The van der Waals surface area contributed by atoms with Crippen molar-refractivity contribution >= 4 is 17.3 Å². The highest BCUT2D eigenvalue weighted by molar-refractivity contribution is 5.91. The van der Waals surface area contributed by atoms with Gasteiger partial charge in [0.15, 0.2) is 0 Å². The summed E-state index contributed by atoms with van der Waals surface area (Å²) < 4.78 is 5.72. The number of hydrogen-bond donors (Lipinski definition) is 1. The molecule has 0 aliphatic carbocycles.